The summed E-state index contributed by atoms with van der Waals surface area (Å²) >= 11 is 0. The van der Waals surface area contributed by atoms with E-state index < -0.39 is 0 Å². The molecule has 1 saturated heterocycles. The molecule has 0 saturated carbocycles. The average molecular weight is 286 g/mol. The third kappa shape index (κ3) is 3.86. The molecule has 0 bridgehead atoms. The van der Waals surface area contributed by atoms with E-state index in [1.165, 1.54) is 37.6 Å². The first-order valence-electron chi connectivity index (χ1n) is 8.28. The van der Waals surface area contributed by atoms with Crippen molar-refractivity contribution in [1.82, 2.24) is 10.2 Å². The van der Waals surface area contributed by atoms with Crippen LogP contribution in [0.4, 0.5) is 0 Å². The highest BCUT2D eigenvalue weighted by Gasteiger charge is 2.18. The van der Waals surface area contributed by atoms with E-state index in [1.807, 2.05) is 12.1 Å². The van der Waals surface area contributed by atoms with Gasteiger partial charge in [-0.2, -0.15) is 0 Å². The molecule has 1 N–H and O–H groups in total. The predicted octanol–water partition coefficient (Wildman–Crippen LogP) is 3.79. The molecule has 21 heavy (non-hydrogen) atoms. The van der Waals surface area contributed by atoms with Gasteiger partial charge in [-0.1, -0.05) is 31.5 Å². The molecule has 114 valence electrons. The maximum absolute atomic E-state index is 5.98. The second-order valence-electron chi connectivity index (χ2n) is 6.13. The lowest BCUT2D eigenvalue weighted by Gasteiger charge is -2.24. The van der Waals surface area contributed by atoms with Gasteiger partial charge in [-0.3, -0.25) is 4.90 Å². The number of fused-ring (bicyclic) bond motifs is 1. The van der Waals surface area contributed by atoms with E-state index in [9.17, 15) is 0 Å². The molecule has 0 radical (unpaired) electrons. The summed E-state index contributed by atoms with van der Waals surface area (Å²) in [6, 6.07) is 11.1. The highest BCUT2D eigenvalue weighted by molar-refractivity contribution is 5.77. The summed E-state index contributed by atoms with van der Waals surface area (Å²) in [6.07, 6.45) is 5.13. The molecule has 3 heteroatoms. The fourth-order valence-electron chi connectivity index (χ4n) is 3.18. The van der Waals surface area contributed by atoms with E-state index in [0.717, 1.165) is 31.0 Å². The summed E-state index contributed by atoms with van der Waals surface area (Å²) in [6.45, 7) is 6.65. The monoisotopic (exact) mass is 286 g/mol. The van der Waals surface area contributed by atoms with Crippen LogP contribution in [0.15, 0.2) is 34.7 Å². The van der Waals surface area contributed by atoms with Gasteiger partial charge in [-0.05, 0) is 44.5 Å². The maximum atomic E-state index is 5.98. The van der Waals surface area contributed by atoms with Crippen molar-refractivity contribution in [2.75, 3.05) is 19.6 Å². The Labute approximate surface area is 127 Å². The van der Waals surface area contributed by atoms with Crippen LogP contribution in [0, 0.1) is 0 Å². The molecule has 3 rings (SSSR count). The van der Waals surface area contributed by atoms with E-state index in [-0.39, 0.29) is 0 Å². The Hall–Kier alpha value is -1.32. The Balaban J connectivity index is 1.66. The Bertz CT molecular complexity index is 524. The van der Waals surface area contributed by atoms with Gasteiger partial charge in [0.05, 0.1) is 6.54 Å². The van der Waals surface area contributed by atoms with Crippen LogP contribution in [0.3, 0.4) is 0 Å². The lowest BCUT2D eigenvalue weighted by molar-refractivity contribution is 0.222. The Kier molecular flexibility index (Phi) is 4.94. The number of hydrogen-bond donors (Lipinski definition) is 1. The number of furan rings is 1. The predicted molar refractivity (Wildman–Crippen MR) is 87.4 cm³/mol. The van der Waals surface area contributed by atoms with E-state index in [0.29, 0.717) is 6.04 Å². The number of nitrogens with one attached hydrogen (secondary N) is 1. The van der Waals surface area contributed by atoms with Gasteiger partial charge in [0.15, 0.2) is 0 Å². The van der Waals surface area contributed by atoms with E-state index in [4.69, 9.17) is 4.42 Å². The molecule has 2 aromatic rings. The maximum Gasteiger partial charge on any atom is 0.134 e. The molecule has 1 fully saturated rings. The van der Waals surface area contributed by atoms with Gasteiger partial charge < -0.3 is 9.73 Å². The number of benzene rings is 1. The van der Waals surface area contributed by atoms with Gasteiger partial charge in [0.2, 0.25) is 0 Å². The van der Waals surface area contributed by atoms with Crippen LogP contribution < -0.4 is 5.32 Å². The third-order valence-electron chi connectivity index (χ3n) is 4.32. The number of rotatable bonds is 7. The molecule has 1 aliphatic rings. The standard InChI is InChI=1S/C18H26N2O/c1-2-3-11-20(13-16-8-6-10-19-16)14-17-12-15-7-4-5-9-18(15)21-17/h4-5,7,9,12,16,19H,2-3,6,8,10-11,13-14H2,1H3. The zero-order valence-corrected chi connectivity index (χ0v) is 13.0. The third-order valence-corrected chi connectivity index (χ3v) is 4.32. The zero-order valence-electron chi connectivity index (χ0n) is 13.0. The van der Waals surface area contributed by atoms with Crippen molar-refractivity contribution < 1.29 is 4.42 Å². The molecule has 0 aliphatic carbocycles. The van der Waals surface area contributed by atoms with E-state index in [1.54, 1.807) is 0 Å². The van der Waals surface area contributed by atoms with Crippen LogP contribution in [0.1, 0.15) is 38.4 Å². The second-order valence-corrected chi connectivity index (χ2v) is 6.13. The van der Waals surface area contributed by atoms with Crippen molar-refractivity contribution in [1.29, 1.82) is 0 Å². The van der Waals surface area contributed by atoms with Gasteiger partial charge in [-0.15, -0.1) is 0 Å². The molecular weight excluding hydrogens is 260 g/mol. The van der Waals surface area contributed by atoms with Crippen molar-refractivity contribution in [2.45, 2.75) is 45.2 Å². The molecule has 1 unspecified atom stereocenters. The first kappa shape index (κ1) is 14.6. The molecule has 1 aromatic carbocycles. The van der Waals surface area contributed by atoms with Crippen LogP contribution in [-0.2, 0) is 6.54 Å². The van der Waals surface area contributed by atoms with Gasteiger partial charge in [0.1, 0.15) is 11.3 Å². The first-order chi connectivity index (χ1) is 10.3. The SMILES string of the molecule is CCCCN(Cc1cc2ccccc2o1)CC1CCCN1. The summed E-state index contributed by atoms with van der Waals surface area (Å²) < 4.78 is 5.98. The number of hydrogen-bond acceptors (Lipinski definition) is 3. The molecule has 2 heterocycles. The van der Waals surface area contributed by atoms with Crippen molar-refractivity contribution in [3.63, 3.8) is 0 Å². The van der Waals surface area contributed by atoms with Crippen molar-refractivity contribution in [3.05, 3.63) is 36.1 Å². The van der Waals surface area contributed by atoms with Crippen LogP contribution in [0.25, 0.3) is 11.0 Å². The smallest absolute Gasteiger partial charge is 0.134 e. The van der Waals surface area contributed by atoms with Crippen molar-refractivity contribution in [3.8, 4) is 0 Å². The first-order valence-corrected chi connectivity index (χ1v) is 8.28. The Morgan fingerprint density at radius 2 is 2.24 bits per heavy atom. The summed E-state index contributed by atoms with van der Waals surface area (Å²) in [5.41, 5.74) is 1.00. The number of unbranched alkanes of at least 4 members (excludes halogenated alkanes) is 1. The molecule has 0 amide bonds. The largest absolute Gasteiger partial charge is 0.460 e. The average Bonchev–Trinajstić information content (AvgIpc) is 3.13. The molecule has 1 atom stereocenters. The van der Waals surface area contributed by atoms with Gasteiger partial charge >= 0.3 is 0 Å². The fraction of sp³-hybridized carbons (Fsp3) is 0.556. The van der Waals surface area contributed by atoms with Crippen molar-refractivity contribution in [2.24, 2.45) is 0 Å². The fourth-order valence-corrected chi connectivity index (χ4v) is 3.18. The lowest BCUT2D eigenvalue weighted by atomic mass is 10.2. The van der Waals surface area contributed by atoms with Crippen LogP contribution in [0.5, 0.6) is 0 Å². The van der Waals surface area contributed by atoms with Crippen LogP contribution >= 0.6 is 0 Å². The Morgan fingerprint density at radius 1 is 1.33 bits per heavy atom. The summed E-state index contributed by atoms with van der Waals surface area (Å²) in [4.78, 5) is 2.55. The normalized spacial score (nSPS) is 18.9. The minimum Gasteiger partial charge on any atom is -0.460 e. The van der Waals surface area contributed by atoms with Crippen LogP contribution in [-0.4, -0.2) is 30.6 Å². The Morgan fingerprint density at radius 3 is 3.00 bits per heavy atom. The highest BCUT2D eigenvalue weighted by Crippen LogP contribution is 2.20. The minimum absolute atomic E-state index is 0.659. The van der Waals surface area contributed by atoms with Gasteiger partial charge in [-0.25, -0.2) is 0 Å². The van der Waals surface area contributed by atoms with Crippen molar-refractivity contribution >= 4 is 11.0 Å². The summed E-state index contributed by atoms with van der Waals surface area (Å²) in [5, 5.41) is 4.81. The summed E-state index contributed by atoms with van der Waals surface area (Å²) in [5.74, 6) is 1.09. The zero-order chi connectivity index (χ0) is 14.5. The summed E-state index contributed by atoms with van der Waals surface area (Å²) in [7, 11) is 0. The molecule has 3 nitrogen and oxygen atoms in total. The minimum atomic E-state index is 0.659. The van der Waals surface area contributed by atoms with E-state index >= 15 is 0 Å². The van der Waals surface area contributed by atoms with Crippen LogP contribution in [0.2, 0.25) is 0 Å². The number of para-hydroxylation sites is 1. The molecular formula is C18H26N2O. The highest BCUT2D eigenvalue weighted by atomic mass is 16.3. The number of nitrogens with zero attached hydrogens (tertiary/aromatic N) is 1. The lowest BCUT2D eigenvalue weighted by Crippen LogP contribution is -2.37. The molecule has 1 aromatic heterocycles. The van der Waals surface area contributed by atoms with E-state index in [2.05, 4.69) is 35.3 Å². The molecule has 0 spiro atoms. The van der Waals surface area contributed by atoms with Gasteiger partial charge in [0, 0.05) is 18.0 Å². The topological polar surface area (TPSA) is 28.4 Å². The van der Waals surface area contributed by atoms with Gasteiger partial charge in [0.25, 0.3) is 0 Å². The quantitative estimate of drug-likeness (QED) is 0.839. The molecule has 1 aliphatic heterocycles. The second kappa shape index (κ2) is 7.10.